The van der Waals surface area contributed by atoms with Crippen LogP contribution in [0.5, 0.6) is 0 Å². The van der Waals surface area contributed by atoms with Crippen molar-refractivity contribution >= 4 is 5.71 Å². The van der Waals surface area contributed by atoms with Crippen LogP contribution in [0.15, 0.2) is 35.3 Å². The third kappa shape index (κ3) is 1.56. The molecule has 1 aromatic carbocycles. The first-order valence-corrected chi connectivity index (χ1v) is 4.64. The molecule has 3 nitrogen and oxygen atoms in total. The number of aliphatic imine (C=N–C) groups is 1. The Balaban J connectivity index is 2.32. The first-order valence-electron chi connectivity index (χ1n) is 4.64. The highest BCUT2D eigenvalue weighted by molar-refractivity contribution is 6.02. The maximum absolute atomic E-state index is 9.66. The van der Waals surface area contributed by atoms with Crippen molar-refractivity contribution in [2.75, 3.05) is 0 Å². The summed E-state index contributed by atoms with van der Waals surface area (Å²) in [5.74, 6) is 0. The highest BCUT2D eigenvalue weighted by Crippen LogP contribution is 2.25. The second kappa shape index (κ2) is 3.19. The Hall–Kier alpha value is -1.19. The van der Waals surface area contributed by atoms with Crippen LogP contribution in [0.4, 0.5) is 0 Å². The predicted molar refractivity (Wildman–Crippen MR) is 54.2 cm³/mol. The SMILES string of the molecule is CC1(O)N=C(c2ccccc2)CC1O. The van der Waals surface area contributed by atoms with Gasteiger partial charge in [0.2, 0.25) is 0 Å². The molecule has 1 heterocycles. The summed E-state index contributed by atoms with van der Waals surface area (Å²) in [5, 5.41) is 19.2. The summed E-state index contributed by atoms with van der Waals surface area (Å²) in [5.41, 5.74) is 0.401. The van der Waals surface area contributed by atoms with Gasteiger partial charge in [0.05, 0.1) is 0 Å². The number of nitrogens with zero attached hydrogens (tertiary/aromatic N) is 1. The molecule has 0 saturated heterocycles. The zero-order valence-corrected chi connectivity index (χ0v) is 8.01. The van der Waals surface area contributed by atoms with E-state index in [1.165, 1.54) is 6.92 Å². The molecule has 1 aromatic rings. The summed E-state index contributed by atoms with van der Waals surface area (Å²) < 4.78 is 0. The zero-order valence-electron chi connectivity index (χ0n) is 8.01. The van der Waals surface area contributed by atoms with Crippen LogP contribution in [-0.2, 0) is 0 Å². The lowest BCUT2D eigenvalue weighted by Crippen LogP contribution is -2.32. The normalized spacial score (nSPS) is 31.6. The predicted octanol–water partition coefficient (Wildman–Crippen LogP) is 0.949. The van der Waals surface area contributed by atoms with Crippen molar-refractivity contribution in [1.29, 1.82) is 0 Å². The van der Waals surface area contributed by atoms with Gasteiger partial charge in [0.1, 0.15) is 6.10 Å². The van der Waals surface area contributed by atoms with E-state index < -0.39 is 11.8 Å². The molecule has 0 fully saturated rings. The lowest BCUT2D eigenvalue weighted by molar-refractivity contribution is -0.0403. The Morgan fingerprint density at radius 2 is 2.00 bits per heavy atom. The van der Waals surface area contributed by atoms with E-state index in [4.69, 9.17) is 0 Å². The summed E-state index contributed by atoms with van der Waals surface area (Å²) in [6, 6.07) is 9.60. The van der Waals surface area contributed by atoms with E-state index in [1.54, 1.807) is 0 Å². The van der Waals surface area contributed by atoms with E-state index in [0.29, 0.717) is 6.42 Å². The number of benzene rings is 1. The van der Waals surface area contributed by atoms with Gasteiger partial charge in [0, 0.05) is 12.1 Å². The van der Waals surface area contributed by atoms with Crippen LogP contribution in [0.2, 0.25) is 0 Å². The largest absolute Gasteiger partial charge is 0.388 e. The van der Waals surface area contributed by atoms with Gasteiger partial charge in [0.15, 0.2) is 5.72 Å². The fourth-order valence-electron chi connectivity index (χ4n) is 1.58. The van der Waals surface area contributed by atoms with Crippen molar-refractivity contribution < 1.29 is 10.2 Å². The van der Waals surface area contributed by atoms with E-state index >= 15 is 0 Å². The first kappa shape index (κ1) is 9.37. The van der Waals surface area contributed by atoms with Gasteiger partial charge in [0.25, 0.3) is 0 Å². The smallest absolute Gasteiger partial charge is 0.179 e. The summed E-state index contributed by atoms with van der Waals surface area (Å²) in [6.07, 6.45) is -0.380. The lowest BCUT2D eigenvalue weighted by Gasteiger charge is -2.16. The molecule has 0 saturated carbocycles. The van der Waals surface area contributed by atoms with Crippen molar-refractivity contribution in [3.05, 3.63) is 35.9 Å². The monoisotopic (exact) mass is 191 g/mol. The lowest BCUT2D eigenvalue weighted by atomic mass is 10.0. The highest BCUT2D eigenvalue weighted by Gasteiger charge is 2.36. The molecule has 2 rings (SSSR count). The minimum Gasteiger partial charge on any atom is -0.388 e. The second-order valence-corrected chi connectivity index (χ2v) is 3.74. The molecule has 1 aliphatic heterocycles. The van der Waals surface area contributed by atoms with E-state index in [-0.39, 0.29) is 0 Å². The van der Waals surface area contributed by atoms with Crippen LogP contribution >= 0.6 is 0 Å². The van der Waals surface area contributed by atoms with Gasteiger partial charge in [-0.2, -0.15) is 0 Å². The van der Waals surface area contributed by atoms with Crippen LogP contribution < -0.4 is 0 Å². The van der Waals surface area contributed by atoms with Crippen molar-refractivity contribution in [1.82, 2.24) is 0 Å². The molecule has 14 heavy (non-hydrogen) atoms. The van der Waals surface area contributed by atoms with Crippen molar-refractivity contribution in [2.45, 2.75) is 25.2 Å². The first-order chi connectivity index (χ1) is 6.59. The number of hydrogen-bond acceptors (Lipinski definition) is 3. The average molecular weight is 191 g/mol. The number of rotatable bonds is 1. The number of aliphatic hydroxyl groups excluding tert-OH is 1. The Kier molecular flexibility index (Phi) is 2.13. The zero-order chi connectivity index (χ0) is 10.2. The highest BCUT2D eigenvalue weighted by atomic mass is 16.4. The fourth-order valence-corrected chi connectivity index (χ4v) is 1.58. The Morgan fingerprint density at radius 1 is 1.36 bits per heavy atom. The topological polar surface area (TPSA) is 52.8 Å². The van der Waals surface area contributed by atoms with Crippen LogP contribution in [0.3, 0.4) is 0 Å². The molecule has 0 amide bonds. The third-order valence-electron chi connectivity index (χ3n) is 2.49. The van der Waals surface area contributed by atoms with Gasteiger partial charge in [-0.15, -0.1) is 0 Å². The van der Waals surface area contributed by atoms with Crippen molar-refractivity contribution in [3.8, 4) is 0 Å². The van der Waals surface area contributed by atoms with Gasteiger partial charge in [-0.3, -0.25) is 4.99 Å². The molecular formula is C11H13NO2. The van der Waals surface area contributed by atoms with E-state index in [1.807, 2.05) is 30.3 Å². The number of hydrogen-bond donors (Lipinski definition) is 2. The van der Waals surface area contributed by atoms with Crippen molar-refractivity contribution in [2.24, 2.45) is 4.99 Å². The Bertz CT molecular complexity index is 357. The van der Waals surface area contributed by atoms with Gasteiger partial charge in [-0.1, -0.05) is 30.3 Å². The minimum absolute atomic E-state index is 0.414. The molecule has 0 aromatic heterocycles. The Labute approximate surface area is 82.7 Å². The van der Waals surface area contributed by atoms with Crippen LogP contribution in [-0.4, -0.2) is 27.8 Å². The van der Waals surface area contributed by atoms with Gasteiger partial charge >= 0.3 is 0 Å². The standard InChI is InChI=1S/C11H13NO2/c1-11(14)10(13)7-9(12-11)8-5-3-2-4-6-8/h2-6,10,13-14H,7H2,1H3. The van der Waals surface area contributed by atoms with Gasteiger partial charge in [-0.25, -0.2) is 0 Å². The van der Waals surface area contributed by atoms with Gasteiger partial charge in [-0.05, 0) is 12.5 Å². The van der Waals surface area contributed by atoms with E-state index in [2.05, 4.69) is 4.99 Å². The molecule has 3 heteroatoms. The summed E-state index contributed by atoms with van der Waals surface area (Å²) in [4.78, 5) is 4.09. The van der Waals surface area contributed by atoms with Crippen molar-refractivity contribution in [3.63, 3.8) is 0 Å². The van der Waals surface area contributed by atoms with Crippen LogP contribution in [0.25, 0.3) is 0 Å². The number of aliphatic hydroxyl groups is 2. The summed E-state index contributed by atoms with van der Waals surface area (Å²) in [6.45, 7) is 1.52. The molecule has 0 spiro atoms. The molecule has 0 bridgehead atoms. The molecule has 0 radical (unpaired) electrons. The minimum atomic E-state index is -1.33. The van der Waals surface area contributed by atoms with E-state index in [9.17, 15) is 10.2 Å². The molecule has 0 aliphatic carbocycles. The maximum atomic E-state index is 9.66. The average Bonchev–Trinajstić information content (AvgIpc) is 2.43. The fraction of sp³-hybridized carbons (Fsp3) is 0.364. The van der Waals surface area contributed by atoms with E-state index in [0.717, 1.165) is 11.3 Å². The van der Waals surface area contributed by atoms with Crippen LogP contribution in [0, 0.1) is 0 Å². The second-order valence-electron chi connectivity index (χ2n) is 3.74. The van der Waals surface area contributed by atoms with Crippen LogP contribution in [0.1, 0.15) is 18.9 Å². The summed E-state index contributed by atoms with van der Waals surface area (Å²) >= 11 is 0. The molecule has 1 aliphatic rings. The summed E-state index contributed by atoms with van der Waals surface area (Å²) in [7, 11) is 0. The Morgan fingerprint density at radius 3 is 2.50 bits per heavy atom. The molecular weight excluding hydrogens is 178 g/mol. The molecule has 2 N–H and O–H groups in total. The maximum Gasteiger partial charge on any atom is 0.179 e. The third-order valence-corrected chi connectivity index (χ3v) is 2.49. The molecule has 2 unspecified atom stereocenters. The molecule has 74 valence electrons. The molecule has 2 atom stereocenters. The quantitative estimate of drug-likeness (QED) is 0.694. The van der Waals surface area contributed by atoms with Gasteiger partial charge < -0.3 is 10.2 Å².